The molecule has 0 aliphatic heterocycles. The van der Waals surface area contributed by atoms with E-state index in [1.165, 1.54) is 228 Å². The first-order valence-electron chi connectivity index (χ1n) is 28.8. The fourth-order valence-electron chi connectivity index (χ4n) is 9.23. The Balaban J connectivity index is 0.0000218. The van der Waals surface area contributed by atoms with E-state index in [0.717, 1.165) is 69.2 Å². The van der Waals surface area contributed by atoms with Crippen LogP contribution in [0.1, 0.15) is 289 Å². The van der Waals surface area contributed by atoms with E-state index in [1.54, 1.807) is 0 Å². The number of aryl methyl sites for hydroxylation is 2. The Hall–Kier alpha value is -2.08. The van der Waals surface area contributed by atoms with Crippen molar-refractivity contribution < 1.29 is 20.4 Å². The molecule has 2 rings (SSSR count). The molecule has 0 aliphatic carbocycles. The molecule has 0 aromatic heterocycles. The average molecular weight is 998 g/mol. The molecule has 0 bridgehead atoms. The van der Waals surface area contributed by atoms with E-state index in [4.69, 9.17) is 9.98 Å². The second kappa shape index (κ2) is 48.0. The summed E-state index contributed by atoms with van der Waals surface area (Å²) in [4.78, 5) is 11.0. The van der Waals surface area contributed by atoms with E-state index in [2.05, 4.69) is 101 Å². The van der Waals surface area contributed by atoms with Crippen LogP contribution in [0.25, 0.3) is 0 Å². The zero-order valence-electron chi connectivity index (χ0n) is 44.1. The number of hydrogen-bond acceptors (Lipinski definition) is 2. The van der Waals surface area contributed by atoms with E-state index in [9.17, 15) is 0 Å². The second-order valence-corrected chi connectivity index (χ2v) is 19.7. The molecule has 378 valence electrons. The molecular weight excluding hydrogens is 891 g/mol. The van der Waals surface area contributed by atoms with Gasteiger partial charge in [-0.25, -0.2) is 0 Å². The van der Waals surface area contributed by atoms with Crippen LogP contribution in [0.4, 0.5) is 11.4 Å². The summed E-state index contributed by atoms with van der Waals surface area (Å²) in [5.41, 5.74) is 7.40. The third-order valence-electron chi connectivity index (χ3n) is 13.6. The molecule has 66 heavy (non-hydrogen) atoms. The van der Waals surface area contributed by atoms with E-state index >= 15 is 0 Å². The molecule has 0 amide bonds. The number of para-hydroxylation sites is 2. The van der Waals surface area contributed by atoms with Crippen molar-refractivity contribution in [1.82, 2.24) is 0 Å². The number of aliphatic imine (C=N–C) groups is 2. The minimum Gasteiger partial charge on any atom is -0.251 e. The number of benzene rings is 2. The molecule has 0 saturated carbocycles. The van der Waals surface area contributed by atoms with Crippen LogP contribution in [0.3, 0.4) is 0 Å². The zero-order chi connectivity index (χ0) is 46.4. The second-order valence-electron chi connectivity index (χ2n) is 19.7. The number of allylic oxidation sites excluding steroid dienone is 4. The topological polar surface area (TPSA) is 24.7 Å². The number of unbranched alkanes of at least 4 members (excludes halogenated alkanes) is 31. The van der Waals surface area contributed by atoms with Crippen LogP contribution < -0.4 is 0 Å². The molecule has 0 heterocycles. The van der Waals surface area contributed by atoms with Crippen molar-refractivity contribution in [2.75, 3.05) is 0 Å². The Labute approximate surface area is 425 Å². The summed E-state index contributed by atoms with van der Waals surface area (Å²) in [6.45, 7) is 9.21. The molecule has 0 aliphatic rings. The Morgan fingerprint density at radius 2 is 0.591 bits per heavy atom. The monoisotopic (exact) mass is 997 g/mol. The molecule has 0 N–H and O–H groups in total. The van der Waals surface area contributed by atoms with Crippen LogP contribution in [0.5, 0.6) is 0 Å². The third-order valence-corrected chi connectivity index (χ3v) is 13.6. The van der Waals surface area contributed by atoms with Crippen molar-refractivity contribution in [3.05, 3.63) is 84.0 Å². The van der Waals surface area contributed by atoms with Crippen molar-refractivity contribution in [3.63, 3.8) is 0 Å². The van der Waals surface area contributed by atoms with E-state index < -0.39 is 0 Å². The molecule has 0 atom stereocenters. The van der Waals surface area contributed by atoms with Gasteiger partial charge in [-0.1, -0.05) is 275 Å². The number of nitrogens with zero attached hydrogens (tertiary/aromatic N) is 2. The van der Waals surface area contributed by atoms with Crippen LogP contribution in [0.2, 0.25) is 0 Å². The molecule has 0 saturated heterocycles. The summed E-state index contributed by atoms with van der Waals surface area (Å²) in [7, 11) is 0. The van der Waals surface area contributed by atoms with Gasteiger partial charge in [0.05, 0.1) is 22.8 Å². The van der Waals surface area contributed by atoms with Crippen molar-refractivity contribution in [3.8, 4) is 0 Å². The maximum atomic E-state index is 5.51. The van der Waals surface area contributed by atoms with Gasteiger partial charge in [0.2, 0.25) is 0 Å². The fourth-order valence-corrected chi connectivity index (χ4v) is 9.23. The normalized spacial score (nSPS) is 12.2. The molecule has 0 unspecified atom stereocenters. The molecule has 0 radical (unpaired) electrons. The van der Waals surface area contributed by atoms with E-state index in [1.807, 2.05) is 0 Å². The van der Waals surface area contributed by atoms with Crippen LogP contribution >= 0.6 is 0 Å². The molecule has 0 spiro atoms. The fraction of sp³-hybridized carbons (Fsp3) is 0.714. The molecule has 3 heteroatoms. The zero-order valence-corrected chi connectivity index (χ0v) is 45.7. The van der Waals surface area contributed by atoms with E-state index in [-0.39, 0.29) is 20.4 Å². The van der Waals surface area contributed by atoms with Crippen LogP contribution in [-0.4, -0.2) is 11.4 Å². The third kappa shape index (κ3) is 35.1. The van der Waals surface area contributed by atoms with Crippen LogP contribution in [0, 0.1) is 0 Å². The van der Waals surface area contributed by atoms with Crippen molar-refractivity contribution in [1.29, 1.82) is 0 Å². The Kier molecular flexibility index (Phi) is 45.0. The van der Waals surface area contributed by atoms with E-state index in [0.29, 0.717) is 0 Å². The first-order valence-corrected chi connectivity index (χ1v) is 28.8. The Bertz CT molecular complexity index is 1470. The SMILES string of the molecule is CCCCCCCCCCCCCCCCC=CCCc1ccccc1N=C(CCCC)C(CCCCC)=Nc1ccccc1CCC=CCCCCCCCCCCCCCCCC.[Pd]. The van der Waals surface area contributed by atoms with Crippen LogP contribution in [-0.2, 0) is 33.3 Å². The quantitative estimate of drug-likeness (QED) is 0.0273. The summed E-state index contributed by atoms with van der Waals surface area (Å²) in [5.74, 6) is 0. The average Bonchev–Trinajstić information content (AvgIpc) is 3.32. The van der Waals surface area contributed by atoms with Crippen LogP contribution in [0.15, 0.2) is 82.8 Å². The van der Waals surface area contributed by atoms with Gasteiger partial charge in [0.25, 0.3) is 0 Å². The molecular formula is C63H106N2Pd. The predicted molar refractivity (Wildman–Crippen MR) is 296 cm³/mol. The smallest absolute Gasteiger partial charge is 0.0665 e. The standard InChI is InChI=1S/C63H106N2.Pd/c1-5-9-13-15-17-19-21-23-25-27-29-31-33-35-37-39-41-44-50-58-52-46-48-55-60(58)64-62(54-12-8-4)63(57-43-11-7-3)65-61-56-49-47-53-59(61)51-45-42-40-38-36-34-32-30-28-26-24-22-20-18-16-14-10-6-2;/h39-42,46-49,52-53,55-56H,5-38,43-45,50-51,54,57H2,1-4H3;. The summed E-state index contributed by atoms with van der Waals surface area (Å²) in [6, 6.07) is 17.8. The van der Waals surface area contributed by atoms with Gasteiger partial charge in [0.15, 0.2) is 0 Å². The summed E-state index contributed by atoms with van der Waals surface area (Å²) < 4.78 is 0. The van der Waals surface area contributed by atoms with Gasteiger partial charge >= 0.3 is 0 Å². The Morgan fingerprint density at radius 1 is 0.318 bits per heavy atom. The summed E-state index contributed by atoms with van der Waals surface area (Å²) in [5, 5.41) is 0. The van der Waals surface area contributed by atoms with Gasteiger partial charge in [0, 0.05) is 20.4 Å². The van der Waals surface area contributed by atoms with Crippen molar-refractivity contribution >= 4 is 22.8 Å². The maximum Gasteiger partial charge on any atom is 0.0665 e. The predicted octanol–water partition coefficient (Wildman–Crippen LogP) is 22.0. The molecule has 2 aromatic carbocycles. The summed E-state index contributed by atoms with van der Waals surface area (Å²) >= 11 is 0. The first kappa shape index (κ1) is 61.9. The van der Waals surface area contributed by atoms with Crippen molar-refractivity contribution in [2.24, 2.45) is 9.98 Å². The maximum absolute atomic E-state index is 5.51. The minimum absolute atomic E-state index is 0. The van der Waals surface area contributed by atoms with Gasteiger partial charge in [-0.2, -0.15) is 0 Å². The van der Waals surface area contributed by atoms with Gasteiger partial charge in [-0.05, 0) is 100 Å². The number of rotatable bonds is 46. The van der Waals surface area contributed by atoms with Gasteiger partial charge in [-0.3, -0.25) is 9.98 Å². The molecule has 2 nitrogen and oxygen atoms in total. The largest absolute Gasteiger partial charge is 0.251 e. The first-order chi connectivity index (χ1) is 32.2. The Morgan fingerprint density at radius 3 is 0.939 bits per heavy atom. The summed E-state index contributed by atoms with van der Waals surface area (Å²) in [6.07, 6.45) is 64.1. The van der Waals surface area contributed by atoms with Gasteiger partial charge < -0.3 is 0 Å². The molecule has 0 fully saturated rings. The molecule has 2 aromatic rings. The van der Waals surface area contributed by atoms with Crippen molar-refractivity contribution in [2.45, 2.75) is 291 Å². The van der Waals surface area contributed by atoms with Gasteiger partial charge in [-0.15, -0.1) is 0 Å². The minimum atomic E-state index is 0. The number of hydrogen-bond donors (Lipinski definition) is 0. The van der Waals surface area contributed by atoms with Gasteiger partial charge in [0.1, 0.15) is 0 Å².